The lowest BCUT2D eigenvalue weighted by atomic mass is 9.95. The number of hydrogen-bond acceptors (Lipinski definition) is 2. The zero-order valence-electron chi connectivity index (χ0n) is 12.9. The Hall–Kier alpha value is -1.06. The highest BCUT2D eigenvalue weighted by molar-refractivity contribution is 5.80. The van der Waals surface area contributed by atoms with Gasteiger partial charge in [0.25, 0.3) is 0 Å². The maximum atomic E-state index is 12.2. The van der Waals surface area contributed by atoms with Gasteiger partial charge < -0.3 is 10.2 Å². The smallest absolute Gasteiger partial charge is 0.223 e. The van der Waals surface area contributed by atoms with E-state index in [4.69, 9.17) is 0 Å². The van der Waals surface area contributed by atoms with Crippen molar-refractivity contribution in [2.24, 2.45) is 11.8 Å². The molecule has 114 valence electrons. The number of nitrogens with one attached hydrogen (secondary N) is 1. The molecule has 4 nitrogen and oxygen atoms in total. The van der Waals surface area contributed by atoms with E-state index >= 15 is 0 Å². The molecule has 0 aromatic heterocycles. The lowest BCUT2D eigenvalue weighted by Gasteiger charge is -2.32. The van der Waals surface area contributed by atoms with E-state index in [2.05, 4.69) is 19.2 Å². The molecule has 0 unspecified atom stereocenters. The molecule has 20 heavy (non-hydrogen) atoms. The van der Waals surface area contributed by atoms with Crippen molar-refractivity contribution in [3.8, 4) is 0 Å². The molecule has 0 aromatic carbocycles. The van der Waals surface area contributed by atoms with Crippen LogP contribution < -0.4 is 5.32 Å². The number of rotatable bonds is 4. The Morgan fingerprint density at radius 3 is 2.25 bits per heavy atom. The summed E-state index contributed by atoms with van der Waals surface area (Å²) in [5, 5.41) is 3.18. The molecule has 0 aromatic rings. The van der Waals surface area contributed by atoms with Gasteiger partial charge in [0.05, 0.1) is 0 Å². The molecule has 2 fully saturated rings. The Morgan fingerprint density at radius 2 is 1.70 bits per heavy atom. The molecule has 0 atom stereocenters. The van der Waals surface area contributed by atoms with Gasteiger partial charge in [-0.05, 0) is 31.6 Å². The highest BCUT2D eigenvalue weighted by atomic mass is 16.2. The summed E-state index contributed by atoms with van der Waals surface area (Å²) in [4.78, 5) is 26.1. The van der Waals surface area contributed by atoms with Gasteiger partial charge in [-0.25, -0.2) is 0 Å². The van der Waals surface area contributed by atoms with Gasteiger partial charge in [-0.1, -0.05) is 26.7 Å². The van der Waals surface area contributed by atoms with Crippen LogP contribution in [-0.4, -0.2) is 35.8 Å². The summed E-state index contributed by atoms with van der Waals surface area (Å²) >= 11 is 0. The minimum atomic E-state index is 0.110. The molecule has 4 heteroatoms. The van der Waals surface area contributed by atoms with Gasteiger partial charge in [-0.15, -0.1) is 0 Å². The van der Waals surface area contributed by atoms with E-state index in [0.717, 1.165) is 38.8 Å². The van der Waals surface area contributed by atoms with Crippen LogP contribution in [0.15, 0.2) is 0 Å². The lowest BCUT2D eigenvalue weighted by Crippen LogP contribution is -2.45. The van der Waals surface area contributed by atoms with Crippen molar-refractivity contribution in [2.75, 3.05) is 13.1 Å². The van der Waals surface area contributed by atoms with Crippen LogP contribution in [0.25, 0.3) is 0 Å². The molecule has 0 bridgehead atoms. The fourth-order valence-corrected chi connectivity index (χ4v) is 3.26. The van der Waals surface area contributed by atoms with Gasteiger partial charge in [0, 0.05) is 31.5 Å². The van der Waals surface area contributed by atoms with Gasteiger partial charge >= 0.3 is 0 Å². The van der Waals surface area contributed by atoms with Crippen molar-refractivity contribution >= 4 is 11.8 Å². The van der Waals surface area contributed by atoms with Crippen LogP contribution in [0.5, 0.6) is 0 Å². The second-order valence-electron chi connectivity index (χ2n) is 6.74. The monoisotopic (exact) mass is 280 g/mol. The van der Waals surface area contributed by atoms with Gasteiger partial charge in [0.2, 0.25) is 11.8 Å². The third kappa shape index (κ3) is 4.22. The summed E-state index contributed by atoms with van der Waals surface area (Å²) < 4.78 is 0. The lowest BCUT2D eigenvalue weighted by molar-refractivity contribution is -0.136. The van der Waals surface area contributed by atoms with E-state index in [1.807, 2.05) is 4.90 Å². The molecule has 1 N–H and O–H groups in total. The van der Waals surface area contributed by atoms with E-state index in [1.54, 1.807) is 0 Å². The first kappa shape index (κ1) is 15.3. The molecule has 2 aliphatic rings. The first-order valence-corrected chi connectivity index (χ1v) is 8.14. The largest absolute Gasteiger partial charge is 0.353 e. The fraction of sp³-hybridized carbons (Fsp3) is 0.875. The second kappa shape index (κ2) is 7.09. The Morgan fingerprint density at radius 1 is 1.10 bits per heavy atom. The van der Waals surface area contributed by atoms with Crippen LogP contribution in [-0.2, 0) is 9.59 Å². The summed E-state index contributed by atoms with van der Waals surface area (Å²) in [5.41, 5.74) is 0. The van der Waals surface area contributed by atoms with E-state index in [0.29, 0.717) is 18.4 Å². The number of nitrogens with zero attached hydrogens (tertiary/aromatic N) is 1. The third-order valence-electron chi connectivity index (χ3n) is 4.50. The molecule has 2 amide bonds. The average molecular weight is 280 g/mol. The summed E-state index contributed by atoms with van der Waals surface area (Å²) in [5.74, 6) is 0.979. The highest BCUT2D eigenvalue weighted by Crippen LogP contribution is 2.22. The van der Waals surface area contributed by atoms with Crippen molar-refractivity contribution in [2.45, 2.75) is 64.8 Å². The van der Waals surface area contributed by atoms with Crippen molar-refractivity contribution in [3.63, 3.8) is 0 Å². The van der Waals surface area contributed by atoms with E-state index < -0.39 is 0 Å². The summed E-state index contributed by atoms with van der Waals surface area (Å²) in [6.45, 7) is 5.63. The van der Waals surface area contributed by atoms with Crippen LogP contribution >= 0.6 is 0 Å². The normalized spacial score (nSPS) is 21.4. The van der Waals surface area contributed by atoms with Crippen molar-refractivity contribution in [1.29, 1.82) is 0 Å². The zero-order chi connectivity index (χ0) is 14.5. The van der Waals surface area contributed by atoms with Crippen LogP contribution in [0.4, 0.5) is 0 Å². The molecule has 1 aliphatic carbocycles. The summed E-state index contributed by atoms with van der Waals surface area (Å²) in [6, 6.07) is 0.406. The third-order valence-corrected chi connectivity index (χ3v) is 4.50. The number of piperidine rings is 1. The number of carbonyl (C=O) groups excluding carboxylic acids is 2. The average Bonchev–Trinajstić information content (AvgIpc) is 2.91. The SMILES string of the molecule is CC(C)CC(=O)N1CCC(C(=O)NC2CCCC2)CC1. The minimum Gasteiger partial charge on any atom is -0.353 e. The second-order valence-corrected chi connectivity index (χ2v) is 6.74. The molecule has 1 heterocycles. The molecule has 1 aliphatic heterocycles. The fourth-order valence-electron chi connectivity index (χ4n) is 3.26. The minimum absolute atomic E-state index is 0.110. The number of carbonyl (C=O) groups is 2. The van der Waals surface area contributed by atoms with Crippen LogP contribution in [0.3, 0.4) is 0 Å². The predicted octanol–water partition coefficient (Wildman–Crippen LogP) is 2.33. The van der Waals surface area contributed by atoms with Gasteiger partial charge in [0.1, 0.15) is 0 Å². The van der Waals surface area contributed by atoms with Gasteiger partial charge in [-0.2, -0.15) is 0 Å². The Balaban J connectivity index is 1.73. The first-order valence-electron chi connectivity index (χ1n) is 8.14. The van der Waals surface area contributed by atoms with Crippen molar-refractivity contribution in [1.82, 2.24) is 10.2 Å². The highest BCUT2D eigenvalue weighted by Gasteiger charge is 2.29. The zero-order valence-corrected chi connectivity index (χ0v) is 12.9. The number of hydrogen-bond donors (Lipinski definition) is 1. The van der Waals surface area contributed by atoms with Crippen LogP contribution in [0, 0.1) is 11.8 Å². The van der Waals surface area contributed by atoms with Crippen molar-refractivity contribution < 1.29 is 9.59 Å². The Kier molecular flexibility index (Phi) is 5.44. The molecular weight excluding hydrogens is 252 g/mol. The first-order chi connectivity index (χ1) is 9.56. The van der Waals surface area contributed by atoms with Gasteiger partial charge in [-0.3, -0.25) is 9.59 Å². The summed E-state index contributed by atoms with van der Waals surface area (Å²) in [7, 11) is 0. The van der Waals surface area contributed by atoms with Crippen LogP contribution in [0.2, 0.25) is 0 Å². The van der Waals surface area contributed by atoms with Crippen LogP contribution in [0.1, 0.15) is 58.8 Å². The maximum Gasteiger partial charge on any atom is 0.223 e. The van der Waals surface area contributed by atoms with Gasteiger partial charge in [0.15, 0.2) is 0 Å². The summed E-state index contributed by atoms with van der Waals surface area (Å²) in [6.07, 6.45) is 7.03. The van der Waals surface area contributed by atoms with E-state index in [-0.39, 0.29) is 17.7 Å². The molecule has 2 rings (SSSR count). The maximum absolute atomic E-state index is 12.2. The van der Waals surface area contributed by atoms with Crippen molar-refractivity contribution in [3.05, 3.63) is 0 Å². The van der Waals surface area contributed by atoms with E-state index in [1.165, 1.54) is 12.8 Å². The number of amides is 2. The number of likely N-dealkylation sites (tertiary alicyclic amines) is 1. The Labute approximate surface area is 122 Å². The quantitative estimate of drug-likeness (QED) is 0.859. The molecular formula is C16H28N2O2. The molecule has 0 spiro atoms. The molecule has 0 radical (unpaired) electrons. The predicted molar refractivity (Wildman–Crippen MR) is 79.2 cm³/mol. The molecule has 1 saturated heterocycles. The van der Waals surface area contributed by atoms with E-state index in [9.17, 15) is 9.59 Å². The standard InChI is InChI=1S/C16H28N2O2/c1-12(2)11-15(19)18-9-7-13(8-10-18)16(20)17-14-5-3-4-6-14/h12-14H,3-11H2,1-2H3,(H,17,20). The molecule has 1 saturated carbocycles. The Bertz CT molecular complexity index is 340. The topological polar surface area (TPSA) is 49.4 Å².